The maximum atomic E-state index is 11.8. The van der Waals surface area contributed by atoms with Gasteiger partial charge in [-0.3, -0.25) is 18.9 Å². The standard InChI is InChI=1S/C10H16N2O11P2.Na/c1-5-3-12(10(15)11-9(5)14)8-2-6(13)7(22-8)4-21-25(19,20)23-24(16,17)18;/h3,6-8,13H,2,4H2,1H3,(H,19,20)(H,11,14,15)(H2,16,17,18);. The monoisotopic (exact) mass is 425 g/mol. The summed E-state index contributed by atoms with van der Waals surface area (Å²) >= 11 is 0. The second-order valence-electron chi connectivity index (χ2n) is 5.25. The van der Waals surface area contributed by atoms with Gasteiger partial charge in [-0.15, -0.1) is 0 Å². The summed E-state index contributed by atoms with van der Waals surface area (Å²) in [7, 11) is -10.3. The van der Waals surface area contributed by atoms with Crippen LogP contribution in [0.5, 0.6) is 0 Å². The normalized spacial score (nSPS) is 25.5. The Morgan fingerprint density at radius 1 is 1.35 bits per heavy atom. The van der Waals surface area contributed by atoms with Gasteiger partial charge >= 0.3 is 21.3 Å². The summed E-state index contributed by atoms with van der Waals surface area (Å²) < 4.78 is 36.3. The van der Waals surface area contributed by atoms with E-state index in [1.807, 2.05) is 0 Å². The van der Waals surface area contributed by atoms with Gasteiger partial charge in [0.05, 0.1) is 12.7 Å². The van der Waals surface area contributed by atoms with Gasteiger partial charge in [-0.1, -0.05) is 0 Å². The molecule has 0 saturated carbocycles. The Morgan fingerprint density at radius 2 is 1.96 bits per heavy atom. The first-order valence-corrected chi connectivity index (χ1v) is 9.80. The van der Waals surface area contributed by atoms with Crippen LogP contribution in [0, 0.1) is 6.92 Å². The summed E-state index contributed by atoms with van der Waals surface area (Å²) in [6, 6.07) is 0. The van der Waals surface area contributed by atoms with Crippen LogP contribution in [-0.2, 0) is 22.7 Å². The average molecular weight is 425 g/mol. The number of aryl methyl sites for hydroxylation is 1. The molecule has 1 fully saturated rings. The molecule has 16 heteroatoms. The first kappa shape index (κ1) is 23.9. The maximum absolute atomic E-state index is 11.8. The van der Waals surface area contributed by atoms with Crippen molar-refractivity contribution in [2.24, 2.45) is 0 Å². The quantitative estimate of drug-likeness (QED) is 0.258. The van der Waals surface area contributed by atoms with Crippen LogP contribution < -0.4 is 11.2 Å². The third kappa shape index (κ3) is 6.48. The number of aliphatic hydroxyl groups excluding tert-OH is 1. The molecular weight excluding hydrogens is 409 g/mol. The van der Waals surface area contributed by atoms with Crippen LogP contribution in [0.3, 0.4) is 0 Å². The minimum Gasteiger partial charge on any atom is -0.390 e. The van der Waals surface area contributed by atoms with E-state index in [-0.39, 0.29) is 41.5 Å². The second-order valence-corrected chi connectivity index (χ2v) is 8.08. The van der Waals surface area contributed by atoms with Crippen molar-refractivity contribution in [1.29, 1.82) is 0 Å². The summed E-state index contributed by atoms with van der Waals surface area (Å²) in [5.74, 6) is 0. The first-order valence-electron chi connectivity index (χ1n) is 6.78. The summed E-state index contributed by atoms with van der Waals surface area (Å²) in [5, 5.41) is 9.91. The molecule has 4 unspecified atom stereocenters. The van der Waals surface area contributed by atoms with E-state index >= 15 is 0 Å². The Kier molecular flexibility index (Phi) is 8.19. The molecule has 2 rings (SSSR count). The van der Waals surface area contributed by atoms with E-state index in [1.54, 1.807) is 0 Å². The van der Waals surface area contributed by atoms with Crippen molar-refractivity contribution in [3.05, 3.63) is 32.6 Å². The largest absolute Gasteiger partial charge is 0.481 e. The van der Waals surface area contributed by atoms with Crippen molar-refractivity contribution in [2.45, 2.75) is 31.8 Å². The molecule has 26 heavy (non-hydrogen) atoms. The van der Waals surface area contributed by atoms with Crippen molar-refractivity contribution in [3.63, 3.8) is 0 Å². The van der Waals surface area contributed by atoms with Gasteiger partial charge in [-0.05, 0) is 6.92 Å². The fourth-order valence-corrected chi connectivity index (χ4v) is 3.76. The molecule has 0 amide bonds. The summed E-state index contributed by atoms with van der Waals surface area (Å²) in [6.07, 6.45) is -2.22. The smallest absolute Gasteiger partial charge is 0.390 e. The van der Waals surface area contributed by atoms with Crippen LogP contribution >= 0.6 is 15.6 Å². The Bertz CT molecular complexity index is 848. The summed E-state index contributed by atoms with van der Waals surface area (Å²) in [5.41, 5.74) is -1.12. The number of hydrogen-bond donors (Lipinski definition) is 5. The van der Waals surface area contributed by atoms with Crippen LogP contribution in [0.4, 0.5) is 0 Å². The van der Waals surface area contributed by atoms with Crippen LogP contribution in [0.2, 0.25) is 0 Å². The number of ether oxygens (including phenoxy) is 1. The fourth-order valence-electron chi connectivity index (χ4n) is 2.16. The number of aliphatic hydroxyl groups is 1. The minimum absolute atomic E-state index is 0. The van der Waals surface area contributed by atoms with Crippen LogP contribution in [0.15, 0.2) is 15.8 Å². The molecule has 4 atom stereocenters. The molecule has 1 aliphatic rings. The molecule has 1 aliphatic heterocycles. The van der Waals surface area contributed by atoms with Crippen LogP contribution in [0.25, 0.3) is 0 Å². The predicted molar refractivity (Wildman–Crippen MR) is 85.3 cm³/mol. The van der Waals surface area contributed by atoms with Gasteiger partial charge in [-0.2, -0.15) is 4.31 Å². The van der Waals surface area contributed by atoms with Crippen molar-refractivity contribution >= 4 is 45.2 Å². The predicted octanol–water partition coefficient (Wildman–Crippen LogP) is -1.66. The van der Waals surface area contributed by atoms with E-state index in [4.69, 9.17) is 14.5 Å². The van der Waals surface area contributed by atoms with Crippen LogP contribution in [0.1, 0.15) is 18.2 Å². The number of H-pyrrole nitrogens is 1. The zero-order valence-corrected chi connectivity index (χ0v) is 17.5. The molecule has 5 N–H and O–H groups in total. The SMILES string of the molecule is Cc1cn(C2CC(O)C(COP(=O)(O)OP(=O)(O)O)O2)c(=O)[nH]c1=O.[Na]. The van der Waals surface area contributed by atoms with Crippen LogP contribution in [-0.4, -0.2) is 77.7 Å². The van der Waals surface area contributed by atoms with E-state index in [2.05, 4.69) is 13.8 Å². The van der Waals surface area contributed by atoms with Gasteiger partial charge in [0.25, 0.3) is 5.56 Å². The molecule has 1 radical (unpaired) electrons. The van der Waals surface area contributed by atoms with E-state index in [9.17, 15) is 28.7 Å². The Hall–Kier alpha value is -0.140. The van der Waals surface area contributed by atoms with Gasteiger partial charge in [0, 0.05) is 47.7 Å². The number of nitrogens with one attached hydrogen (secondary N) is 1. The maximum Gasteiger partial charge on any atom is 0.481 e. The number of aromatic nitrogens is 2. The number of nitrogens with zero attached hydrogens (tertiary/aromatic N) is 1. The molecule has 0 spiro atoms. The average Bonchev–Trinajstić information content (AvgIpc) is 2.79. The zero-order chi connectivity index (χ0) is 19.0. The number of rotatable bonds is 6. The Morgan fingerprint density at radius 3 is 2.54 bits per heavy atom. The van der Waals surface area contributed by atoms with Crippen molar-refractivity contribution < 1.29 is 42.5 Å². The molecule has 2 heterocycles. The topological polar surface area (TPSA) is 198 Å². The van der Waals surface area contributed by atoms with Gasteiger partial charge in [0.2, 0.25) is 0 Å². The minimum atomic E-state index is -5.26. The Labute approximate surface area is 168 Å². The molecule has 0 aromatic carbocycles. The van der Waals surface area contributed by atoms with E-state index in [0.29, 0.717) is 0 Å². The summed E-state index contributed by atoms with van der Waals surface area (Å²) in [4.78, 5) is 51.4. The molecule has 1 aromatic heterocycles. The third-order valence-corrected chi connectivity index (χ3v) is 5.42. The summed E-state index contributed by atoms with van der Waals surface area (Å²) in [6.45, 7) is 0.727. The number of phosphoric ester groups is 1. The van der Waals surface area contributed by atoms with Crippen molar-refractivity contribution in [2.75, 3.05) is 6.61 Å². The van der Waals surface area contributed by atoms with Crippen molar-refractivity contribution in [1.82, 2.24) is 9.55 Å². The fraction of sp³-hybridized carbons (Fsp3) is 0.600. The van der Waals surface area contributed by atoms with Gasteiger partial charge in [0.15, 0.2) is 0 Å². The molecule has 1 aromatic rings. The van der Waals surface area contributed by atoms with E-state index < -0.39 is 51.9 Å². The van der Waals surface area contributed by atoms with Crippen molar-refractivity contribution in [3.8, 4) is 0 Å². The van der Waals surface area contributed by atoms with E-state index in [1.165, 1.54) is 13.1 Å². The van der Waals surface area contributed by atoms with Gasteiger partial charge in [-0.25, -0.2) is 13.9 Å². The van der Waals surface area contributed by atoms with Gasteiger partial charge < -0.3 is 24.5 Å². The first-order chi connectivity index (χ1) is 11.4. The molecular formula is C10H16N2NaO11P2. The zero-order valence-electron chi connectivity index (χ0n) is 13.7. The Balaban J connectivity index is 0.00000338. The van der Waals surface area contributed by atoms with E-state index in [0.717, 1.165) is 4.57 Å². The third-order valence-electron chi connectivity index (χ3n) is 3.27. The molecule has 13 nitrogen and oxygen atoms in total. The number of phosphoric acid groups is 2. The molecule has 0 aliphatic carbocycles. The second kappa shape index (κ2) is 8.91. The molecule has 0 bridgehead atoms. The molecule has 143 valence electrons. The van der Waals surface area contributed by atoms with Gasteiger partial charge in [0.1, 0.15) is 12.3 Å². The number of hydrogen-bond acceptors (Lipinski definition) is 8. The molecule has 1 saturated heterocycles. The number of aromatic amines is 1.